The van der Waals surface area contributed by atoms with Gasteiger partial charge in [-0.3, -0.25) is 9.69 Å². The number of rotatable bonds is 5. The Labute approximate surface area is 188 Å². The number of nitrogens with one attached hydrogen (secondary N) is 1. The van der Waals surface area contributed by atoms with Crippen LogP contribution >= 0.6 is 0 Å². The van der Waals surface area contributed by atoms with Crippen LogP contribution in [0.25, 0.3) is 22.0 Å². The molecule has 6 heteroatoms. The van der Waals surface area contributed by atoms with Crippen molar-refractivity contribution in [3.8, 4) is 16.9 Å². The molecule has 1 saturated heterocycles. The first kappa shape index (κ1) is 21.0. The molecule has 2 heterocycles. The van der Waals surface area contributed by atoms with Crippen LogP contribution in [0.15, 0.2) is 36.4 Å². The van der Waals surface area contributed by atoms with Crippen LogP contribution in [0.2, 0.25) is 0 Å². The van der Waals surface area contributed by atoms with E-state index in [0.29, 0.717) is 41.3 Å². The zero-order valence-electron chi connectivity index (χ0n) is 19.0. The lowest BCUT2D eigenvalue weighted by molar-refractivity contribution is 0.0622. The number of hydrogen-bond acceptors (Lipinski definition) is 3. The van der Waals surface area contributed by atoms with Crippen molar-refractivity contribution < 1.29 is 13.9 Å². The highest BCUT2D eigenvalue weighted by atomic mass is 19.1. The Hall–Kier alpha value is -2.86. The third kappa shape index (κ3) is 3.66. The molecule has 168 valence electrons. The van der Waals surface area contributed by atoms with E-state index in [-0.39, 0.29) is 17.6 Å². The summed E-state index contributed by atoms with van der Waals surface area (Å²) >= 11 is 0. The molecule has 1 saturated carbocycles. The molecule has 2 fully saturated rings. The lowest BCUT2D eigenvalue weighted by Crippen LogP contribution is -2.49. The van der Waals surface area contributed by atoms with Gasteiger partial charge >= 0.3 is 0 Å². The van der Waals surface area contributed by atoms with Gasteiger partial charge < -0.3 is 14.6 Å². The number of aromatic amines is 1. The average molecular weight is 436 g/mol. The molecule has 1 amide bonds. The van der Waals surface area contributed by atoms with Crippen LogP contribution in [-0.4, -0.2) is 60.0 Å². The highest BCUT2D eigenvalue weighted by Gasteiger charge is 2.33. The zero-order valence-corrected chi connectivity index (χ0v) is 19.0. The third-order valence-electron chi connectivity index (χ3n) is 6.79. The van der Waals surface area contributed by atoms with Gasteiger partial charge in [0.1, 0.15) is 11.4 Å². The molecular formula is C26H30FN3O2. The molecule has 0 spiro atoms. The van der Waals surface area contributed by atoms with E-state index in [1.54, 1.807) is 13.2 Å². The van der Waals surface area contributed by atoms with Crippen LogP contribution in [0.1, 0.15) is 48.7 Å². The maximum Gasteiger partial charge on any atom is 0.270 e. The second kappa shape index (κ2) is 8.24. The summed E-state index contributed by atoms with van der Waals surface area (Å²) in [7, 11) is 1.64. The predicted octanol–water partition coefficient (Wildman–Crippen LogP) is 5.03. The van der Waals surface area contributed by atoms with Gasteiger partial charge in [0, 0.05) is 43.2 Å². The van der Waals surface area contributed by atoms with Crippen molar-refractivity contribution in [3.05, 3.63) is 53.5 Å². The Bertz CT molecular complexity index is 1160. The van der Waals surface area contributed by atoms with E-state index >= 15 is 4.39 Å². The largest absolute Gasteiger partial charge is 0.496 e. The standard InChI is InChI=1S/C26H30FN3O2/c1-16(2)19-14-20(18-6-4-5-7-23(18)32-3)21-15-22(28-25(21)24(19)27)26(31)30-12-10-29(11-13-30)17-8-9-17/h4-7,14-17,28H,8-13H2,1-3H3. The zero-order chi connectivity index (χ0) is 22.4. The second-order valence-electron chi connectivity index (χ2n) is 9.21. The summed E-state index contributed by atoms with van der Waals surface area (Å²) in [6.07, 6.45) is 2.55. The number of carbonyl (C=O) groups is 1. The number of fused-ring (bicyclic) bond motifs is 1. The number of benzene rings is 2. The summed E-state index contributed by atoms with van der Waals surface area (Å²) < 4.78 is 21.0. The summed E-state index contributed by atoms with van der Waals surface area (Å²) in [5.41, 5.74) is 3.21. The lowest BCUT2D eigenvalue weighted by atomic mass is 9.93. The molecular weight excluding hydrogens is 405 g/mol. The molecule has 3 aromatic rings. The van der Waals surface area contributed by atoms with Crippen LogP contribution in [-0.2, 0) is 0 Å². The van der Waals surface area contributed by atoms with Gasteiger partial charge in [-0.2, -0.15) is 0 Å². The van der Waals surface area contributed by atoms with Gasteiger partial charge in [-0.15, -0.1) is 0 Å². The average Bonchev–Trinajstić information content (AvgIpc) is 3.56. The topological polar surface area (TPSA) is 48.6 Å². The molecule has 5 nitrogen and oxygen atoms in total. The van der Waals surface area contributed by atoms with Gasteiger partial charge in [0.25, 0.3) is 5.91 Å². The smallest absolute Gasteiger partial charge is 0.270 e. The maximum absolute atomic E-state index is 15.5. The number of halogens is 1. The maximum atomic E-state index is 15.5. The quantitative estimate of drug-likeness (QED) is 0.612. The Morgan fingerprint density at radius 2 is 1.81 bits per heavy atom. The van der Waals surface area contributed by atoms with Crippen molar-refractivity contribution in [2.45, 2.75) is 38.6 Å². The predicted molar refractivity (Wildman–Crippen MR) is 125 cm³/mol. The molecule has 1 aliphatic carbocycles. The Kier molecular flexibility index (Phi) is 5.41. The van der Waals surface area contributed by atoms with Crippen molar-refractivity contribution in [2.24, 2.45) is 0 Å². The number of amides is 1. The summed E-state index contributed by atoms with van der Waals surface area (Å²) in [6.45, 7) is 7.20. The van der Waals surface area contributed by atoms with Crippen molar-refractivity contribution in [1.82, 2.24) is 14.8 Å². The van der Waals surface area contributed by atoms with E-state index in [1.807, 2.05) is 49.1 Å². The fraction of sp³-hybridized carbons (Fsp3) is 0.423. The van der Waals surface area contributed by atoms with Crippen molar-refractivity contribution in [2.75, 3.05) is 33.3 Å². The van der Waals surface area contributed by atoms with E-state index in [4.69, 9.17) is 4.74 Å². The number of aromatic nitrogens is 1. The first-order valence-electron chi connectivity index (χ1n) is 11.5. The van der Waals surface area contributed by atoms with Crippen LogP contribution < -0.4 is 4.74 Å². The monoisotopic (exact) mass is 435 g/mol. The van der Waals surface area contributed by atoms with Crippen molar-refractivity contribution >= 4 is 16.8 Å². The normalized spacial score (nSPS) is 17.3. The van der Waals surface area contributed by atoms with Crippen LogP contribution in [0.3, 0.4) is 0 Å². The summed E-state index contributed by atoms with van der Waals surface area (Å²) in [4.78, 5) is 20.8. The van der Waals surface area contributed by atoms with E-state index in [0.717, 1.165) is 30.0 Å². The molecule has 0 atom stereocenters. The highest BCUT2D eigenvalue weighted by Crippen LogP contribution is 2.39. The third-order valence-corrected chi connectivity index (χ3v) is 6.79. The molecule has 0 unspecified atom stereocenters. The van der Waals surface area contributed by atoms with Crippen molar-refractivity contribution in [3.63, 3.8) is 0 Å². The minimum absolute atomic E-state index is 0.00538. The minimum atomic E-state index is -0.286. The van der Waals surface area contributed by atoms with Crippen molar-refractivity contribution in [1.29, 1.82) is 0 Å². The van der Waals surface area contributed by atoms with Gasteiger partial charge in [0.15, 0.2) is 5.82 Å². The van der Waals surface area contributed by atoms with E-state index in [9.17, 15) is 4.79 Å². The number of methoxy groups -OCH3 is 1. The van der Waals surface area contributed by atoms with E-state index in [1.165, 1.54) is 12.8 Å². The Balaban J connectivity index is 1.56. The number of carbonyl (C=O) groups excluding carboxylic acids is 1. The number of ether oxygens (including phenoxy) is 1. The Morgan fingerprint density at radius 3 is 2.47 bits per heavy atom. The number of nitrogens with zero attached hydrogens (tertiary/aromatic N) is 2. The van der Waals surface area contributed by atoms with Gasteiger partial charge in [0.2, 0.25) is 0 Å². The SMILES string of the molecule is COc1ccccc1-c1cc(C(C)C)c(F)c2[nH]c(C(=O)N3CCN(C4CC4)CC3)cc12. The molecule has 1 N–H and O–H groups in total. The van der Waals surface area contributed by atoms with Crippen LogP contribution in [0.4, 0.5) is 4.39 Å². The van der Waals surface area contributed by atoms with Crippen LogP contribution in [0, 0.1) is 5.82 Å². The molecule has 32 heavy (non-hydrogen) atoms. The van der Waals surface area contributed by atoms with E-state index < -0.39 is 0 Å². The van der Waals surface area contributed by atoms with E-state index in [2.05, 4.69) is 9.88 Å². The molecule has 0 bridgehead atoms. The number of hydrogen-bond donors (Lipinski definition) is 1. The fourth-order valence-corrected chi connectivity index (χ4v) is 4.81. The first-order valence-corrected chi connectivity index (χ1v) is 11.5. The first-order chi connectivity index (χ1) is 15.5. The van der Waals surface area contributed by atoms with Crippen LogP contribution in [0.5, 0.6) is 5.75 Å². The molecule has 1 aromatic heterocycles. The van der Waals surface area contributed by atoms with Gasteiger partial charge in [-0.1, -0.05) is 32.0 Å². The lowest BCUT2D eigenvalue weighted by Gasteiger charge is -2.34. The second-order valence-corrected chi connectivity index (χ2v) is 9.21. The molecule has 1 aliphatic heterocycles. The fourth-order valence-electron chi connectivity index (χ4n) is 4.81. The van der Waals surface area contributed by atoms with Gasteiger partial charge in [0.05, 0.1) is 12.6 Å². The number of H-pyrrole nitrogens is 1. The summed E-state index contributed by atoms with van der Waals surface area (Å²) in [6, 6.07) is 12.2. The molecule has 0 radical (unpaired) electrons. The number of para-hydroxylation sites is 1. The molecule has 2 aliphatic rings. The van der Waals surface area contributed by atoms with Gasteiger partial charge in [-0.25, -0.2) is 4.39 Å². The minimum Gasteiger partial charge on any atom is -0.496 e. The number of piperazine rings is 1. The summed E-state index contributed by atoms with van der Waals surface area (Å²) in [5, 5.41) is 0.705. The van der Waals surface area contributed by atoms with Gasteiger partial charge in [-0.05, 0) is 48.1 Å². The highest BCUT2D eigenvalue weighted by molar-refractivity contribution is 6.04. The summed E-state index contributed by atoms with van der Waals surface area (Å²) in [5.74, 6) is 0.380. The molecule has 2 aromatic carbocycles. The Morgan fingerprint density at radius 1 is 1.09 bits per heavy atom. The molecule has 5 rings (SSSR count).